The van der Waals surface area contributed by atoms with E-state index in [4.69, 9.17) is 4.52 Å². The Morgan fingerprint density at radius 3 is 2.67 bits per heavy atom. The van der Waals surface area contributed by atoms with Crippen LogP contribution in [-0.2, 0) is 16.6 Å². The predicted octanol–water partition coefficient (Wildman–Crippen LogP) is 2.77. The van der Waals surface area contributed by atoms with Crippen molar-refractivity contribution in [2.24, 2.45) is 0 Å². The van der Waals surface area contributed by atoms with Gasteiger partial charge in [0.2, 0.25) is 10.0 Å². The zero-order valence-corrected chi connectivity index (χ0v) is 15.9. The number of hydrogen-bond acceptors (Lipinski definition) is 7. The van der Waals surface area contributed by atoms with Gasteiger partial charge in [-0.3, -0.25) is 0 Å². The molecule has 3 aromatic heterocycles. The number of aryl methyl sites for hydroxylation is 1. The van der Waals surface area contributed by atoms with Gasteiger partial charge in [0.05, 0.1) is 22.8 Å². The van der Waals surface area contributed by atoms with Crippen molar-refractivity contribution in [3.63, 3.8) is 0 Å². The topological polar surface area (TPSA) is 103 Å². The molecule has 1 aromatic carbocycles. The number of benzene rings is 1. The minimum absolute atomic E-state index is 0.0538. The SMILES string of the molecule is Cc1nn(-c2ccccc2)nc1CNS(=O)(=O)c1ccc(-c2ccon2)s1. The smallest absolute Gasteiger partial charge is 0.250 e. The molecular weight excluding hydrogens is 386 g/mol. The molecule has 0 bridgehead atoms. The lowest BCUT2D eigenvalue weighted by Gasteiger charge is -2.03. The third-order valence-corrected chi connectivity index (χ3v) is 6.83. The van der Waals surface area contributed by atoms with E-state index in [1.54, 1.807) is 25.1 Å². The van der Waals surface area contributed by atoms with Gasteiger partial charge in [0, 0.05) is 6.07 Å². The average molecular weight is 401 g/mol. The molecule has 8 nitrogen and oxygen atoms in total. The van der Waals surface area contributed by atoms with Crippen molar-refractivity contribution in [3.8, 4) is 16.3 Å². The molecule has 1 N–H and O–H groups in total. The fraction of sp³-hybridized carbons (Fsp3) is 0.118. The average Bonchev–Trinajstić information content (AvgIpc) is 3.41. The van der Waals surface area contributed by atoms with Crippen molar-refractivity contribution in [1.82, 2.24) is 24.9 Å². The molecule has 27 heavy (non-hydrogen) atoms. The highest BCUT2D eigenvalue weighted by Crippen LogP contribution is 2.29. The van der Waals surface area contributed by atoms with E-state index in [9.17, 15) is 8.42 Å². The first-order valence-electron chi connectivity index (χ1n) is 8.01. The fourth-order valence-electron chi connectivity index (χ4n) is 2.43. The molecule has 0 saturated heterocycles. The molecular formula is C17H15N5O3S2. The molecule has 0 unspecified atom stereocenters. The Morgan fingerprint density at radius 1 is 1.11 bits per heavy atom. The van der Waals surface area contributed by atoms with Crippen LogP contribution in [-0.4, -0.2) is 28.6 Å². The van der Waals surface area contributed by atoms with Gasteiger partial charge in [-0.1, -0.05) is 23.4 Å². The van der Waals surface area contributed by atoms with Crippen LogP contribution in [0.5, 0.6) is 0 Å². The van der Waals surface area contributed by atoms with Gasteiger partial charge in [0.15, 0.2) is 0 Å². The van der Waals surface area contributed by atoms with Crippen molar-refractivity contribution in [2.45, 2.75) is 17.7 Å². The predicted molar refractivity (Wildman–Crippen MR) is 99.9 cm³/mol. The molecule has 0 fully saturated rings. The normalized spacial score (nSPS) is 11.7. The van der Waals surface area contributed by atoms with Crippen LogP contribution < -0.4 is 4.72 Å². The second kappa shape index (κ2) is 7.06. The molecule has 0 aliphatic heterocycles. The number of aromatic nitrogens is 4. The number of rotatable bonds is 6. The zero-order valence-electron chi connectivity index (χ0n) is 14.2. The molecule has 138 valence electrons. The van der Waals surface area contributed by atoms with Crippen molar-refractivity contribution >= 4 is 21.4 Å². The summed E-state index contributed by atoms with van der Waals surface area (Å²) in [6.45, 7) is 1.85. The fourth-order valence-corrected chi connectivity index (χ4v) is 4.73. The van der Waals surface area contributed by atoms with Crippen LogP contribution in [0.1, 0.15) is 11.4 Å². The summed E-state index contributed by atoms with van der Waals surface area (Å²) in [5.74, 6) is 0. The van der Waals surface area contributed by atoms with E-state index in [-0.39, 0.29) is 10.8 Å². The van der Waals surface area contributed by atoms with Crippen molar-refractivity contribution in [3.05, 3.63) is 66.2 Å². The summed E-state index contributed by atoms with van der Waals surface area (Å²) in [6.07, 6.45) is 1.44. The van der Waals surface area contributed by atoms with Crippen LogP contribution in [0.4, 0.5) is 0 Å². The van der Waals surface area contributed by atoms with E-state index in [2.05, 4.69) is 20.1 Å². The summed E-state index contributed by atoms with van der Waals surface area (Å²) in [5.41, 5.74) is 2.64. The quantitative estimate of drug-likeness (QED) is 0.533. The van der Waals surface area contributed by atoms with Gasteiger partial charge in [0.25, 0.3) is 0 Å². The Balaban J connectivity index is 1.51. The molecule has 0 radical (unpaired) electrons. The third-order valence-electron chi connectivity index (χ3n) is 3.83. The van der Waals surface area contributed by atoms with Crippen molar-refractivity contribution in [2.75, 3.05) is 0 Å². The van der Waals surface area contributed by atoms with Gasteiger partial charge in [0.1, 0.15) is 21.9 Å². The van der Waals surface area contributed by atoms with Crippen molar-refractivity contribution in [1.29, 1.82) is 0 Å². The Kier molecular flexibility index (Phi) is 4.60. The van der Waals surface area contributed by atoms with E-state index >= 15 is 0 Å². The first kappa shape index (κ1) is 17.6. The number of thiophene rings is 1. The van der Waals surface area contributed by atoms with Crippen LogP contribution in [0.25, 0.3) is 16.3 Å². The maximum atomic E-state index is 12.6. The molecule has 4 aromatic rings. The zero-order chi connectivity index (χ0) is 18.9. The van der Waals surface area contributed by atoms with Crippen LogP contribution in [0.2, 0.25) is 0 Å². The largest absolute Gasteiger partial charge is 0.364 e. The molecule has 0 atom stereocenters. The molecule has 0 aliphatic rings. The number of hydrogen-bond donors (Lipinski definition) is 1. The summed E-state index contributed by atoms with van der Waals surface area (Å²) in [5, 5.41) is 12.5. The standard InChI is InChI=1S/C17H15N5O3S2/c1-12-15(20-22(19-12)13-5-3-2-4-6-13)11-18-27(23,24)17-8-7-16(26-17)14-9-10-25-21-14/h2-10,18H,11H2,1H3. The third kappa shape index (κ3) is 3.68. The summed E-state index contributed by atoms with van der Waals surface area (Å²) < 4.78 is 32.7. The lowest BCUT2D eigenvalue weighted by molar-refractivity contribution is 0.422. The monoisotopic (exact) mass is 401 g/mol. The van der Waals surface area contributed by atoms with E-state index in [0.717, 1.165) is 21.9 Å². The first-order chi connectivity index (χ1) is 13.0. The summed E-state index contributed by atoms with van der Waals surface area (Å²) in [6, 6.07) is 14.4. The molecule has 4 rings (SSSR count). The molecule has 3 heterocycles. The van der Waals surface area contributed by atoms with Gasteiger partial charge in [-0.05, 0) is 31.2 Å². The van der Waals surface area contributed by atoms with Crippen LogP contribution in [0, 0.1) is 6.92 Å². The number of nitrogens with one attached hydrogen (secondary N) is 1. The maximum absolute atomic E-state index is 12.6. The molecule has 10 heteroatoms. The van der Waals surface area contributed by atoms with Crippen LogP contribution in [0.3, 0.4) is 0 Å². The Labute approximate surface area is 159 Å². The second-order valence-electron chi connectivity index (χ2n) is 5.69. The highest BCUT2D eigenvalue weighted by atomic mass is 32.2. The van der Waals surface area contributed by atoms with E-state index in [1.165, 1.54) is 11.1 Å². The minimum atomic E-state index is -3.67. The molecule has 0 saturated carbocycles. The number of para-hydroxylation sites is 1. The van der Waals surface area contributed by atoms with Gasteiger partial charge in [-0.2, -0.15) is 15.0 Å². The first-order valence-corrected chi connectivity index (χ1v) is 10.3. The van der Waals surface area contributed by atoms with Gasteiger partial charge in [-0.25, -0.2) is 13.1 Å². The Hall–Kier alpha value is -2.82. The van der Waals surface area contributed by atoms with Gasteiger partial charge >= 0.3 is 0 Å². The van der Waals surface area contributed by atoms with Crippen molar-refractivity contribution < 1.29 is 12.9 Å². The van der Waals surface area contributed by atoms with E-state index < -0.39 is 10.0 Å². The summed E-state index contributed by atoms with van der Waals surface area (Å²) in [7, 11) is -3.67. The number of nitrogens with zero attached hydrogens (tertiary/aromatic N) is 4. The second-order valence-corrected chi connectivity index (χ2v) is 8.76. The minimum Gasteiger partial charge on any atom is -0.364 e. The Bertz CT molecular complexity index is 1150. The Morgan fingerprint density at radius 2 is 1.93 bits per heavy atom. The molecule has 0 spiro atoms. The highest BCUT2D eigenvalue weighted by molar-refractivity contribution is 7.91. The number of sulfonamides is 1. The van der Waals surface area contributed by atoms with Gasteiger partial charge in [-0.15, -0.1) is 11.3 Å². The molecule has 0 amide bonds. The van der Waals surface area contributed by atoms with Crippen LogP contribution >= 0.6 is 11.3 Å². The summed E-state index contributed by atoms with van der Waals surface area (Å²) in [4.78, 5) is 2.21. The van der Waals surface area contributed by atoms with Gasteiger partial charge < -0.3 is 4.52 Å². The lowest BCUT2D eigenvalue weighted by atomic mass is 10.3. The molecule has 0 aliphatic carbocycles. The van der Waals surface area contributed by atoms with Crippen LogP contribution in [0.15, 0.2) is 63.5 Å². The maximum Gasteiger partial charge on any atom is 0.250 e. The van der Waals surface area contributed by atoms with E-state index in [1.807, 2.05) is 30.3 Å². The lowest BCUT2D eigenvalue weighted by Crippen LogP contribution is -2.23. The highest BCUT2D eigenvalue weighted by Gasteiger charge is 2.19. The summed E-state index contributed by atoms with van der Waals surface area (Å²) >= 11 is 1.12. The van der Waals surface area contributed by atoms with E-state index in [0.29, 0.717) is 17.1 Å².